The lowest BCUT2D eigenvalue weighted by atomic mass is 10.0. The van der Waals surface area contributed by atoms with Crippen molar-refractivity contribution in [2.24, 2.45) is 0 Å². The van der Waals surface area contributed by atoms with E-state index in [1.165, 1.54) is 18.7 Å². The second-order valence-electron chi connectivity index (χ2n) is 4.54. The fraction of sp³-hybridized carbons (Fsp3) is 0.417. The van der Waals surface area contributed by atoms with E-state index in [1.807, 2.05) is 6.07 Å². The Hall–Kier alpha value is -2.69. The van der Waals surface area contributed by atoms with Crippen molar-refractivity contribution in [3.8, 4) is 6.07 Å². The Balaban J connectivity index is 3.41. The molecule has 0 aliphatic heterocycles. The maximum absolute atomic E-state index is 11.3. The summed E-state index contributed by atoms with van der Waals surface area (Å²) in [6.45, 7) is 4.96. The maximum Gasteiger partial charge on any atom is 0.328 e. The van der Waals surface area contributed by atoms with E-state index < -0.39 is 16.4 Å². The summed E-state index contributed by atoms with van der Waals surface area (Å²) in [5.41, 5.74) is -1.63. The van der Waals surface area contributed by atoms with Gasteiger partial charge in [0.25, 0.3) is 5.69 Å². The van der Waals surface area contributed by atoms with Crippen LogP contribution in [0, 0.1) is 21.4 Å². The number of likely N-dealkylation sites (N-methyl/N-ethyl adjacent to an activating group) is 1. The normalized spacial score (nSPS) is 10.7. The van der Waals surface area contributed by atoms with Gasteiger partial charge in [0.2, 0.25) is 0 Å². The molecule has 8 heteroatoms. The summed E-state index contributed by atoms with van der Waals surface area (Å²) in [6, 6.07) is 2.90. The van der Waals surface area contributed by atoms with Gasteiger partial charge in [0.15, 0.2) is 0 Å². The number of nitro groups is 1. The topological polar surface area (TPSA) is 120 Å². The fourth-order valence-electron chi connectivity index (χ4n) is 1.77. The lowest BCUT2D eigenvalue weighted by Gasteiger charge is -2.35. The SMILES string of the molecule is CCN(c1ncc([N+](=O)[O-])cc1C#N)C(C)(C)C(=O)O. The molecule has 0 bridgehead atoms. The van der Waals surface area contributed by atoms with Crippen LogP contribution in [0.25, 0.3) is 0 Å². The van der Waals surface area contributed by atoms with Gasteiger partial charge in [0.1, 0.15) is 29.2 Å². The molecule has 0 saturated heterocycles. The Bertz CT molecular complexity index is 592. The first-order valence-corrected chi connectivity index (χ1v) is 5.81. The summed E-state index contributed by atoms with van der Waals surface area (Å²) in [4.78, 5) is 26.6. The molecule has 0 amide bonds. The predicted molar refractivity (Wildman–Crippen MR) is 70.3 cm³/mol. The number of pyridine rings is 1. The zero-order valence-corrected chi connectivity index (χ0v) is 11.3. The number of rotatable bonds is 5. The van der Waals surface area contributed by atoms with Crippen LogP contribution < -0.4 is 4.90 Å². The maximum atomic E-state index is 11.3. The van der Waals surface area contributed by atoms with Crippen molar-refractivity contribution in [1.82, 2.24) is 4.98 Å². The molecule has 1 aromatic heterocycles. The minimum Gasteiger partial charge on any atom is -0.480 e. The van der Waals surface area contributed by atoms with E-state index in [9.17, 15) is 20.0 Å². The van der Waals surface area contributed by atoms with Crippen LogP contribution in [-0.2, 0) is 4.79 Å². The molecule has 0 aliphatic rings. The first-order valence-electron chi connectivity index (χ1n) is 5.81. The Morgan fingerprint density at radius 2 is 2.25 bits per heavy atom. The van der Waals surface area contributed by atoms with E-state index in [0.29, 0.717) is 6.54 Å². The van der Waals surface area contributed by atoms with Gasteiger partial charge in [0, 0.05) is 12.6 Å². The highest BCUT2D eigenvalue weighted by Crippen LogP contribution is 2.27. The summed E-state index contributed by atoms with van der Waals surface area (Å²) < 4.78 is 0. The van der Waals surface area contributed by atoms with Crippen molar-refractivity contribution >= 4 is 17.5 Å². The number of anilines is 1. The van der Waals surface area contributed by atoms with Crippen LogP contribution in [0.4, 0.5) is 11.5 Å². The van der Waals surface area contributed by atoms with Crippen LogP contribution in [0.1, 0.15) is 26.3 Å². The average Bonchev–Trinajstić information content (AvgIpc) is 2.39. The van der Waals surface area contributed by atoms with Crippen molar-refractivity contribution in [3.63, 3.8) is 0 Å². The summed E-state index contributed by atoms with van der Waals surface area (Å²) in [7, 11) is 0. The summed E-state index contributed by atoms with van der Waals surface area (Å²) >= 11 is 0. The number of carboxylic acid groups (broad SMARTS) is 1. The Labute approximate surface area is 115 Å². The molecule has 0 unspecified atom stereocenters. The van der Waals surface area contributed by atoms with Gasteiger partial charge in [-0.3, -0.25) is 10.1 Å². The first kappa shape index (κ1) is 15.4. The first-order chi connectivity index (χ1) is 9.25. The van der Waals surface area contributed by atoms with E-state index in [1.54, 1.807) is 6.92 Å². The van der Waals surface area contributed by atoms with E-state index >= 15 is 0 Å². The molecular formula is C12H14N4O4. The molecule has 1 N–H and O–H groups in total. The summed E-state index contributed by atoms with van der Waals surface area (Å²) in [5.74, 6) is -0.962. The van der Waals surface area contributed by atoms with E-state index in [-0.39, 0.29) is 17.1 Å². The number of hydrogen-bond acceptors (Lipinski definition) is 6. The van der Waals surface area contributed by atoms with Crippen molar-refractivity contribution in [1.29, 1.82) is 5.26 Å². The number of aliphatic carboxylic acids is 1. The van der Waals surface area contributed by atoms with Gasteiger partial charge in [0.05, 0.1) is 4.92 Å². The van der Waals surface area contributed by atoms with Gasteiger partial charge in [-0.2, -0.15) is 5.26 Å². The third-order valence-corrected chi connectivity index (χ3v) is 2.95. The highest BCUT2D eigenvalue weighted by Gasteiger charge is 2.36. The molecule has 20 heavy (non-hydrogen) atoms. The monoisotopic (exact) mass is 278 g/mol. The Morgan fingerprint density at radius 1 is 1.65 bits per heavy atom. The molecule has 1 rings (SSSR count). The average molecular weight is 278 g/mol. The Morgan fingerprint density at radius 3 is 2.65 bits per heavy atom. The van der Waals surface area contributed by atoms with E-state index in [0.717, 1.165) is 12.3 Å². The standard InChI is InChI=1S/C12H14N4O4/c1-4-15(12(2,3)11(17)18)10-8(6-13)5-9(7-14-10)16(19)20/h5,7H,4H2,1-3H3,(H,17,18). The van der Waals surface area contributed by atoms with Crippen molar-refractivity contribution in [2.75, 3.05) is 11.4 Å². The number of carboxylic acids is 1. The van der Waals surface area contributed by atoms with E-state index in [4.69, 9.17) is 5.26 Å². The highest BCUT2D eigenvalue weighted by molar-refractivity contribution is 5.82. The molecule has 0 atom stereocenters. The largest absolute Gasteiger partial charge is 0.480 e. The van der Waals surface area contributed by atoms with E-state index in [2.05, 4.69) is 4.98 Å². The molecule has 0 aromatic carbocycles. The molecule has 1 heterocycles. The minimum atomic E-state index is -1.29. The third kappa shape index (κ3) is 2.66. The van der Waals surface area contributed by atoms with Crippen LogP contribution in [-0.4, -0.2) is 33.1 Å². The van der Waals surface area contributed by atoms with Gasteiger partial charge >= 0.3 is 5.97 Å². The minimum absolute atomic E-state index is 0.0321. The quantitative estimate of drug-likeness (QED) is 0.640. The van der Waals surface area contributed by atoms with Gasteiger partial charge in [-0.1, -0.05) is 0 Å². The second kappa shape index (κ2) is 5.52. The van der Waals surface area contributed by atoms with Gasteiger partial charge < -0.3 is 10.0 Å². The lowest BCUT2D eigenvalue weighted by Crippen LogP contribution is -2.51. The number of aromatic nitrogens is 1. The zero-order chi connectivity index (χ0) is 15.5. The molecule has 0 saturated carbocycles. The molecule has 0 fully saturated rings. The summed E-state index contributed by atoms with van der Waals surface area (Å²) in [6.07, 6.45) is 1.01. The number of nitrogens with zero attached hydrogens (tertiary/aromatic N) is 4. The third-order valence-electron chi connectivity index (χ3n) is 2.95. The van der Waals surface area contributed by atoms with Crippen LogP contribution in [0.2, 0.25) is 0 Å². The zero-order valence-electron chi connectivity index (χ0n) is 11.3. The Kier molecular flexibility index (Phi) is 4.24. The van der Waals surface area contributed by atoms with Crippen LogP contribution >= 0.6 is 0 Å². The summed E-state index contributed by atoms with van der Waals surface area (Å²) in [5, 5.41) is 29.0. The second-order valence-corrected chi connectivity index (χ2v) is 4.54. The fourth-order valence-corrected chi connectivity index (χ4v) is 1.77. The molecular weight excluding hydrogens is 264 g/mol. The van der Waals surface area contributed by atoms with Crippen LogP contribution in [0.5, 0.6) is 0 Å². The molecule has 0 radical (unpaired) electrons. The number of carbonyl (C=O) groups is 1. The lowest BCUT2D eigenvalue weighted by molar-refractivity contribution is -0.385. The molecule has 1 aromatic rings. The van der Waals surface area contributed by atoms with Crippen molar-refractivity contribution < 1.29 is 14.8 Å². The van der Waals surface area contributed by atoms with Crippen LogP contribution in [0.15, 0.2) is 12.3 Å². The molecule has 106 valence electrons. The van der Waals surface area contributed by atoms with Gasteiger partial charge in [-0.25, -0.2) is 9.78 Å². The van der Waals surface area contributed by atoms with Crippen molar-refractivity contribution in [2.45, 2.75) is 26.3 Å². The predicted octanol–water partition coefficient (Wildman–Crippen LogP) is 1.55. The van der Waals surface area contributed by atoms with Crippen LogP contribution in [0.3, 0.4) is 0 Å². The number of hydrogen-bond donors (Lipinski definition) is 1. The smallest absolute Gasteiger partial charge is 0.328 e. The van der Waals surface area contributed by atoms with Crippen molar-refractivity contribution in [3.05, 3.63) is 27.9 Å². The molecule has 0 spiro atoms. The molecule has 0 aliphatic carbocycles. The highest BCUT2D eigenvalue weighted by atomic mass is 16.6. The van der Waals surface area contributed by atoms with Gasteiger partial charge in [-0.15, -0.1) is 0 Å². The molecule has 8 nitrogen and oxygen atoms in total. The van der Waals surface area contributed by atoms with Gasteiger partial charge in [-0.05, 0) is 20.8 Å². The number of nitriles is 1.